The average molecular weight is 403 g/mol. The highest BCUT2D eigenvalue weighted by Gasteiger charge is 2.25. The number of carbonyl (C=O) groups excluding carboxylic acids is 1. The molecule has 0 bridgehead atoms. The Hall–Kier alpha value is -2.90. The molecule has 3 N–H and O–H groups in total. The molecule has 0 aliphatic heterocycles. The van der Waals surface area contributed by atoms with E-state index in [0.717, 1.165) is 31.2 Å². The summed E-state index contributed by atoms with van der Waals surface area (Å²) in [6.45, 7) is 1.57. The predicted molar refractivity (Wildman–Crippen MR) is 103 cm³/mol. The van der Waals surface area contributed by atoms with Crippen LogP contribution in [0.1, 0.15) is 71.9 Å². The largest absolute Gasteiger partial charge is 0.481 e. The second-order valence-electron chi connectivity index (χ2n) is 7.49. The van der Waals surface area contributed by atoms with E-state index in [1.165, 1.54) is 0 Å². The summed E-state index contributed by atoms with van der Waals surface area (Å²) in [4.78, 5) is 30.3. The van der Waals surface area contributed by atoms with Crippen molar-refractivity contribution >= 4 is 11.9 Å². The zero-order valence-electron chi connectivity index (χ0n) is 16.1. The summed E-state index contributed by atoms with van der Waals surface area (Å²) in [6, 6.07) is 7.60. The van der Waals surface area contributed by atoms with Crippen LogP contribution in [0.4, 0.5) is 8.78 Å². The molecule has 0 spiro atoms. The van der Waals surface area contributed by atoms with Gasteiger partial charge in [-0.3, -0.25) is 9.59 Å². The number of nitrogens with two attached hydrogens (primary N) is 1. The van der Waals surface area contributed by atoms with Gasteiger partial charge in [0.2, 0.25) is 0 Å². The molecule has 1 aromatic carbocycles. The Bertz CT molecular complexity index is 908. The smallest absolute Gasteiger partial charge is 0.303 e. The molecule has 0 saturated heterocycles. The molecule has 0 atom stereocenters. The summed E-state index contributed by atoms with van der Waals surface area (Å²) in [7, 11) is 0. The molecule has 2 aromatic rings. The van der Waals surface area contributed by atoms with Gasteiger partial charge in [0.15, 0.2) is 5.69 Å². The summed E-state index contributed by atoms with van der Waals surface area (Å²) in [5, 5.41) is 8.93. The summed E-state index contributed by atoms with van der Waals surface area (Å²) < 4.78 is 26.2. The van der Waals surface area contributed by atoms with Gasteiger partial charge < -0.3 is 10.8 Å². The number of alkyl halides is 2. The lowest BCUT2D eigenvalue weighted by Crippen LogP contribution is -2.19. The molecule has 6 nitrogen and oxygen atoms in total. The summed E-state index contributed by atoms with van der Waals surface area (Å²) in [5.41, 5.74) is 6.45. The Labute approximate surface area is 167 Å². The molecule has 1 aromatic heterocycles. The number of nitrogens with zero attached hydrogens (tertiary/aromatic N) is 2. The number of aryl methyl sites for hydroxylation is 1. The summed E-state index contributed by atoms with van der Waals surface area (Å²) in [6.07, 6.45) is 0.938. The van der Waals surface area contributed by atoms with Gasteiger partial charge in [0.05, 0.1) is 11.4 Å². The number of rotatable bonds is 6. The zero-order valence-corrected chi connectivity index (χ0v) is 16.1. The van der Waals surface area contributed by atoms with E-state index < -0.39 is 29.7 Å². The Morgan fingerprint density at radius 1 is 1.14 bits per heavy atom. The second kappa shape index (κ2) is 8.63. The fraction of sp³-hybridized carbons (Fsp3) is 0.429. The molecular formula is C21H23F2N3O3. The molecule has 29 heavy (non-hydrogen) atoms. The van der Waals surface area contributed by atoms with Crippen molar-refractivity contribution < 1.29 is 23.5 Å². The van der Waals surface area contributed by atoms with Gasteiger partial charge in [-0.1, -0.05) is 24.3 Å². The van der Waals surface area contributed by atoms with Gasteiger partial charge in [0, 0.05) is 12.0 Å². The van der Waals surface area contributed by atoms with Crippen LogP contribution in [-0.2, 0) is 4.79 Å². The second-order valence-corrected chi connectivity index (χ2v) is 7.49. The fourth-order valence-electron chi connectivity index (χ4n) is 4.00. The molecule has 3 rings (SSSR count). The van der Waals surface area contributed by atoms with Crippen molar-refractivity contribution in [3.8, 4) is 11.3 Å². The first kappa shape index (κ1) is 20.8. The van der Waals surface area contributed by atoms with Crippen molar-refractivity contribution in [1.82, 2.24) is 9.97 Å². The Kier molecular flexibility index (Phi) is 6.20. The molecule has 1 aliphatic rings. The van der Waals surface area contributed by atoms with Gasteiger partial charge in [0.1, 0.15) is 5.69 Å². The molecule has 1 saturated carbocycles. The number of benzene rings is 1. The highest BCUT2D eigenvalue weighted by atomic mass is 19.3. The molecule has 154 valence electrons. The van der Waals surface area contributed by atoms with E-state index >= 15 is 0 Å². The molecule has 0 unspecified atom stereocenters. The fourth-order valence-corrected chi connectivity index (χ4v) is 4.00. The zero-order chi connectivity index (χ0) is 21.1. The Morgan fingerprint density at radius 3 is 2.28 bits per heavy atom. The van der Waals surface area contributed by atoms with Crippen LogP contribution in [0.2, 0.25) is 0 Å². The van der Waals surface area contributed by atoms with Crippen molar-refractivity contribution in [2.45, 2.75) is 51.4 Å². The highest BCUT2D eigenvalue weighted by Crippen LogP contribution is 2.37. The topological polar surface area (TPSA) is 106 Å². The van der Waals surface area contributed by atoms with Crippen molar-refractivity contribution in [3.63, 3.8) is 0 Å². The van der Waals surface area contributed by atoms with Crippen LogP contribution >= 0.6 is 0 Å². The van der Waals surface area contributed by atoms with Gasteiger partial charge in [-0.05, 0) is 50.0 Å². The lowest BCUT2D eigenvalue weighted by molar-refractivity contribution is -0.138. The third-order valence-electron chi connectivity index (χ3n) is 5.50. The maximum atomic E-state index is 13.1. The van der Waals surface area contributed by atoms with E-state index in [1.807, 2.05) is 24.3 Å². The van der Waals surface area contributed by atoms with Crippen LogP contribution in [0.5, 0.6) is 0 Å². The van der Waals surface area contributed by atoms with Gasteiger partial charge in [-0.15, -0.1) is 0 Å². The quantitative estimate of drug-likeness (QED) is 0.750. The number of halogens is 2. The number of hydrogen-bond donors (Lipinski definition) is 2. The van der Waals surface area contributed by atoms with Crippen LogP contribution in [-0.4, -0.2) is 27.0 Å². The predicted octanol–water partition coefficient (Wildman–Crippen LogP) is 4.24. The minimum Gasteiger partial charge on any atom is -0.481 e. The van der Waals surface area contributed by atoms with E-state index in [1.54, 1.807) is 6.92 Å². The Balaban J connectivity index is 1.80. The minimum atomic E-state index is -2.93. The molecule has 1 amide bonds. The highest BCUT2D eigenvalue weighted by molar-refractivity contribution is 5.92. The average Bonchev–Trinajstić information content (AvgIpc) is 2.68. The van der Waals surface area contributed by atoms with E-state index in [9.17, 15) is 18.4 Å². The van der Waals surface area contributed by atoms with E-state index in [2.05, 4.69) is 9.97 Å². The summed E-state index contributed by atoms with van der Waals surface area (Å²) in [5.74, 6) is -1.18. The Morgan fingerprint density at radius 2 is 1.76 bits per heavy atom. The number of carbonyl (C=O) groups is 2. The lowest BCUT2D eigenvalue weighted by atomic mass is 9.77. The molecule has 1 fully saturated rings. The third-order valence-corrected chi connectivity index (χ3v) is 5.50. The number of primary amides is 1. The SMILES string of the molecule is Cc1nc(C(F)F)c(C(N)=O)nc1-c1ccc([C@H]2CC[C@H](CC(=O)O)CC2)cc1. The van der Waals surface area contributed by atoms with Gasteiger partial charge >= 0.3 is 5.97 Å². The number of aromatic nitrogens is 2. The molecule has 0 radical (unpaired) electrons. The van der Waals surface area contributed by atoms with Crippen LogP contribution in [0.25, 0.3) is 11.3 Å². The van der Waals surface area contributed by atoms with Crippen LogP contribution < -0.4 is 5.73 Å². The first-order valence-electron chi connectivity index (χ1n) is 9.54. The number of hydrogen-bond acceptors (Lipinski definition) is 4. The summed E-state index contributed by atoms with van der Waals surface area (Å²) >= 11 is 0. The van der Waals surface area contributed by atoms with Crippen molar-refractivity contribution in [1.29, 1.82) is 0 Å². The standard InChI is InChI=1S/C21H23F2N3O3/c1-11-17(26-19(21(24)29)18(25-11)20(22)23)15-8-6-14(7-9-15)13-4-2-12(3-5-13)10-16(27)28/h6-9,12-13,20H,2-5,10H2,1H3,(H2,24,29)(H,27,28)/t12-,13-. The molecule has 1 aliphatic carbocycles. The normalized spacial score (nSPS) is 19.3. The first-order valence-corrected chi connectivity index (χ1v) is 9.54. The number of carboxylic acid groups (broad SMARTS) is 1. The van der Waals surface area contributed by atoms with E-state index in [4.69, 9.17) is 10.8 Å². The maximum Gasteiger partial charge on any atom is 0.303 e. The van der Waals surface area contributed by atoms with Crippen LogP contribution in [0, 0.1) is 12.8 Å². The lowest BCUT2D eigenvalue weighted by Gasteiger charge is -2.28. The van der Waals surface area contributed by atoms with Crippen molar-refractivity contribution in [2.75, 3.05) is 0 Å². The molecular weight excluding hydrogens is 380 g/mol. The van der Waals surface area contributed by atoms with Gasteiger partial charge in [-0.2, -0.15) is 0 Å². The minimum absolute atomic E-state index is 0.223. The van der Waals surface area contributed by atoms with Crippen LogP contribution in [0.15, 0.2) is 24.3 Å². The van der Waals surface area contributed by atoms with E-state index in [-0.39, 0.29) is 12.3 Å². The molecule has 1 heterocycles. The van der Waals surface area contributed by atoms with Crippen molar-refractivity contribution in [3.05, 3.63) is 46.9 Å². The monoisotopic (exact) mass is 403 g/mol. The number of amides is 1. The van der Waals surface area contributed by atoms with E-state index in [0.29, 0.717) is 22.9 Å². The molecule has 8 heteroatoms. The third kappa shape index (κ3) is 4.75. The maximum absolute atomic E-state index is 13.1. The van der Waals surface area contributed by atoms with Crippen molar-refractivity contribution in [2.24, 2.45) is 11.7 Å². The number of aliphatic carboxylic acids is 1. The first-order chi connectivity index (χ1) is 13.8. The van der Waals surface area contributed by atoms with Gasteiger partial charge in [0.25, 0.3) is 12.3 Å². The number of carboxylic acids is 1. The van der Waals surface area contributed by atoms with Gasteiger partial charge in [-0.25, -0.2) is 18.7 Å². The van der Waals surface area contributed by atoms with Crippen LogP contribution in [0.3, 0.4) is 0 Å².